The molecule has 0 atom stereocenters. The van der Waals surface area contributed by atoms with Crippen LogP contribution in [-0.4, -0.2) is 43.3 Å². The molecule has 1 N–H and O–H groups in total. The second-order valence-electron chi connectivity index (χ2n) is 6.64. The first-order chi connectivity index (χ1) is 10.1. The van der Waals surface area contributed by atoms with E-state index < -0.39 is 0 Å². The standard InChI is InChI=1S/C18H30N2O/c1-4-10-19-11-9-16-5-7-17(8-6-16)14-20-12-13-21-18(2,3)15-20/h5-8,19H,4,9-15H2,1-3H3. The fourth-order valence-electron chi connectivity index (χ4n) is 2.85. The van der Waals surface area contributed by atoms with E-state index in [0.717, 1.165) is 45.8 Å². The van der Waals surface area contributed by atoms with E-state index in [-0.39, 0.29) is 5.60 Å². The van der Waals surface area contributed by atoms with Crippen molar-refractivity contribution in [2.75, 3.05) is 32.8 Å². The third-order valence-corrected chi connectivity index (χ3v) is 3.95. The number of nitrogens with one attached hydrogen (secondary N) is 1. The monoisotopic (exact) mass is 290 g/mol. The number of ether oxygens (including phenoxy) is 1. The lowest BCUT2D eigenvalue weighted by atomic mass is 10.1. The lowest BCUT2D eigenvalue weighted by molar-refractivity contribution is -0.0882. The lowest BCUT2D eigenvalue weighted by Crippen LogP contribution is -2.47. The third kappa shape index (κ3) is 5.77. The van der Waals surface area contributed by atoms with Crippen molar-refractivity contribution in [1.82, 2.24) is 10.2 Å². The van der Waals surface area contributed by atoms with Crippen LogP contribution in [0.15, 0.2) is 24.3 Å². The highest BCUT2D eigenvalue weighted by molar-refractivity contribution is 5.22. The average molecular weight is 290 g/mol. The Kier molecular flexibility index (Phi) is 6.22. The summed E-state index contributed by atoms with van der Waals surface area (Å²) in [5, 5.41) is 3.45. The van der Waals surface area contributed by atoms with Crippen molar-refractivity contribution in [2.45, 2.75) is 45.8 Å². The van der Waals surface area contributed by atoms with Crippen LogP contribution in [0.25, 0.3) is 0 Å². The molecule has 3 heteroatoms. The zero-order valence-corrected chi connectivity index (χ0v) is 13.8. The third-order valence-electron chi connectivity index (χ3n) is 3.95. The van der Waals surface area contributed by atoms with Gasteiger partial charge in [-0.25, -0.2) is 0 Å². The predicted molar refractivity (Wildman–Crippen MR) is 88.6 cm³/mol. The summed E-state index contributed by atoms with van der Waals surface area (Å²) < 4.78 is 5.77. The Labute approximate surface area is 129 Å². The van der Waals surface area contributed by atoms with Gasteiger partial charge in [0.1, 0.15) is 0 Å². The normalized spacial score (nSPS) is 18.8. The van der Waals surface area contributed by atoms with Crippen molar-refractivity contribution in [3.05, 3.63) is 35.4 Å². The van der Waals surface area contributed by atoms with Gasteiger partial charge in [-0.05, 0) is 50.9 Å². The molecular formula is C18H30N2O. The Morgan fingerprint density at radius 3 is 2.52 bits per heavy atom. The van der Waals surface area contributed by atoms with Gasteiger partial charge in [-0.15, -0.1) is 0 Å². The number of hydrogen-bond acceptors (Lipinski definition) is 3. The Morgan fingerprint density at radius 1 is 1.14 bits per heavy atom. The van der Waals surface area contributed by atoms with Crippen molar-refractivity contribution in [3.63, 3.8) is 0 Å². The number of rotatable bonds is 7. The van der Waals surface area contributed by atoms with Crippen LogP contribution in [0.4, 0.5) is 0 Å². The van der Waals surface area contributed by atoms with Crippen molar-refractivity contribution < 1.29 is 4.74 Å². The minimum absolute atomic E-state index is 0.0108. The molecule has 1 aromatic carbocycles. The summed E-state index contributed by atoms with van der Waals surface area (Å²) in [6.45, 7) is 12.7. The van der Waals surface area contributed by atoms with Crippen LogP contribution in [0, 0.1) is 0 Å². The van der Waals surface area contributed by atoms with E-state index in [9.17, 15) is 0 Å². The van der Waals surface area contributed by atoms with E-state index in [1.165, 1.54) is 17.5 Å². The van der Waals surface area contributed by atoms with Crippen molar-refractivity contribution >= 4 is 0 Å². The van der Waals surface area contributed by atoms with E-state index in [0.29, 0.717) is 0 Å². The van der Waals surface area contributed by atoms with Crippen molar-refractivity contribution in [3.8, 4) is 0 Å². The largest absolute Gasteiger partial charge is 0.373 e. The van der Waals surface area contributed by atoms with Gasteiger partial charge >= 0.3 is 0 Å². The molecule has 0 radical (unpaired) electrons. The van der Waals surface area contributed by atoms with Gasteiger partial charge in [0.25, 0.3) is 0 Å². The van der Waals surface area contributed by atoms with Crippen LogP contribution in [0.2, 0.25) is 0 Å². The lowest BCUT2D eigenvalue weighted by Gasteiger charge is -2.38. The van der Waals surface area contributed by atoms with E-state index in [1.807, 2.05) is 0 Å². The fourth-order valence-corrected chi connectivity index (χ4v) is 2.85. The summed E-state index contributed by atoms with van der Waals surface area (Å²) in [6, 6.07) is 9.10. The van der Waals surface area contributed by atoms with Gasteiger partial charge in [0.05, 0.1) is 12.2 Å². The van der Waals surface area contributed by atoms with Gasteiger partial charge in [-0.3, -0.25) is 4.90 Å². The second-order valence-corrected chi connectivity index (χ2v) is 6.64. The van der Waals surface area contributed by atoms with Gasteiger partial charge in [0.2, 0.25) is 0 Å². The fraction of sp³-hybridized carbons (Fsp3) is 0.667. The van der Waals surface area contributed by atoms with E-state index in [2.05, 4.69) is 55.3 Å². The van der Waals surface area contributed by atoms with Gasteiger partial charge < -0.3 is 10.1 Å². The highest BCUT2D eigenvalue weighted by Gasteiger charge is 2.26. The molecule has 118 valence electrons. The molecule has 0 unspecified atom stereocenters. The quantitative estimate of drug-likeness (QED) is 0.782. The molecule has 1 aromatic rings. The highest BCUT2D eigenvalue weighted by Crippen LogP contribution is 2.18. The van der Waals surface area contributed by atoms with Crippen LogP contribution in [-0.2, 0) is 17.7 Å². The molecule has 1 saturated heterocycles. The molecule has 1 fully saturated rings. The molecule has 0 saturated carbocycles. The maximum absolute atomic E-state index is 5.77. The smallest absolute Gasteiger partial charge is 0.0753 e. The van der Waals surface area contributed by atoms with Gasteiger partial charge in [0.15, 0.2) is 0 Å². The maximum Gasteiger partial charge on any atom is 0.0753 e. The molecule has 0 amide bonds. The Balaban J connectivity index is 1.79. The van der Waals surface area contributed by atoms with Gasteiger partial charge in [0, 0.05) is 19.6 Å². The SMILES string of the molecule is CCCNCCc1ccc(CN2CCOC(C)(C)C2)cc1. The van der Waals surface area contributed by atoms with Crippen LogP contribution in [0.1, 0.15) is 38.3 Å². The average Bonchev–Trinajstić information content (AvgIpc) is 2.44. The Bertz CT molecular complexity index is 414. The number of morpholine rings is 1. The highest BCUT2D eigenvalue weighted by atomic mass is 16.5. The van der Waals surface area contributed by atoms with E-state index in [1.54, 1.807) is 0 Å². The number of hydrogen-bond donors (Lipinski definition) is 1. The topological polar surface area (TPSA) is 24.5 Å². The summed E-state index contributed by atoms with van der Waals surface area (Å²) in [7, 11) is 0. The van der Waals surface area contributed by atoms with Crippen LogP contribution in [0.5, 0.6) is 0 Å². The minimum Gasteiger partial charge on any atom is -0.373 e. The van der Waals surface area contributed by atoms with Gasteiger partial charge in [-0.2, -0.15) is 0 Å². The van der Waals surface area contributed by atoms with Crippen molar-refractivity contribution in [2.24, 2.45) is 0 Å². The molecule has 0 aromatic heterocycles. The van der Waals surface area contributed by atoms with Gasteiger partial charge in [-0.1, -0.05) is 31.2 Å². The minimum atomic E-state index is -0.0108. The predicted octanol–water partition coefficient (Wildman–Crippen LogP) is 2.84. The second kappa shape index (κ2) is 7.92. The van der Waals surface area contributed by atoms with Crippen LogP contribution < -0.4 is 5.32 Å². The molecule has 0 spiro atoms. The summed E-state index contributed by atoms with van der Waals surface area (Å²) >= 11 is 0. The first-order valence-electron chi connectivity index (χ1n) is 8.24. The maximum atomic E-state index is 5.77. The molecule has 1 heterocycles. The van der Waals surface area contributed by atoms with Crippen molar-refractivity contribution in [1.29, 1.82) is 0 Å². The van der Waals surface area contributed by atoms with Crippen LogP contribution in [0.3, 0.4) is 0 Å². The van der Waals surface area contributed by atoms with Crippen LogP contribution >= 0.6 is 0 Å². The first-order valence-corrected chi connectivity index (χ1v) is 8.24. The Hall–Kier alpha value is -0.900. The summed E-state index contributed by atoms with van der Waals surface area (Å²) in [5.74, 6) is 0. The Morgan fingerprint density at radius 2 is 1.86 bits per heavy atom. The molecule has 3 nitrogen and oxygen atoms in total. The van der Waals surface area contributed by atoms with E-state index in [4.69, 9.17) is 4.74 Å². The molecule has 1 aliphatic rings. The first kappa shape index (κ1) is 16.5. The molecule has 1 aliphatic heterocycles. The zero-order valence-electron chi connectivity index (χ0n) is 13.8. The van der Waals surface area contributed by atoms with E-state index >= 15 is 0 Å². The zero-order chi connectivity index (χ0) is 15.1. The molecular weight excluding hydrogens is 260 g/mol. The number of benzene rings is 1. The number of nitrogens with zero attached hydrogens (tertiary/aromatic N) is 1. The molecule has 21 heavy (non-hydrogen) atoms. The summed E-state index contributed by atoms with van der Waals surface area (Å²) in [4.78, 5) is 2.49. The summed E-state index contributed by atoms with van der Waals surface area (Å²) in [6.07, 6.45) is 2.32. The molecule has 0 aliphatic carbocycles. The molecule has 0 bridgehead atoms. The molecule has 2 rings (SSSR count). The summed E-state index contributed by atoms with van der Waals surface area (Å²) in [5.41, 5.74) is 2.81.